The molecule has 1 aliphatic rings. The summed E-state index contributed by atoms with van der Waals surface area (Å²) in [7, 11) is 0. The van der Waals surface area contributed by atoms with Crippen LogP contribution in [0.4, 0.5) is 0 Å². The number of nitrogens with one attached hydrogen (secondary N) is 2. The number of aromatic amines is 1. The minimum Gasteiger partial charge on any atom is -0.361 e. The smallest absolute Gasteiger partial charge is 0.237 e. The fourth-order valence-electron chi connectivity index (χ4n) is 3.24. The van der Waals surface area contributed by atoms with E-state index in [-0.39, 0.29) is 11.9 Å². The molecule has 2 aromatic rings. The van der Waals surface area contributed by atoms with E-state index in [1.165, 1.54) is 22.0 Å². The number of rotatable bonds is 5. The molecule has 0 unspecified atom stereocenters. The first-order valence-electron chi connectivity index (χ1n) is 8.83. The Balaban J connectivity index is 1.66. The fourth-order valence-corrected chi connectivity index (χ4v) is 3.24. The zero-order chi connectivity index (χ0) is 17.1. The van der Waals surface area contributed by atoms with E-state index < -0.39 is 0 Å². The summed E-state index contributed by atoms with van der Waals surface area (Å²) in [4.78, 5) is 17.8. The van der Waals surface area contributed by atoms with Gasteiger partial charge < -0.3 is 10.3 Å². The zero-order valence-corrected chi connectivity index (χ0v) is 14.8. The third-order valence-electron chi connectivity index (χ3n) is 4.79. The Morgan fingerprint density at radius 3 is 2.79 bits per heavy atom. The molecule has 2 heterocycles. The third kappa shape index (κ3) is 3.54. The average Bonchev–Trinajstić information content (AvgIpc) is 3.03. The minimum absolute atomic E-state index is 0.0791. The van der Waals surface area contributed by atoms with Gasteiger partial charge in [-0.1, -0.05) is 38.1 Å². The Morgan fingerprint density at radius 1 is 1.29 bits per heavy atom. The van der Waals surface area contributed by atoms with E-state index in [2.05, 4.69) is 65.6 Å². The number of hydrogen-bond donors (Lipinski definition) is 2. The van der Waals surface area contributed by atoms with E-state index in [0.29, 0.717) is 5.92 Å². The van der Waals surface area contributed by atoms with Gasteiger partial charge in [0.2, 0.25) is 5.91 Å². The summed E-state index contributed by atoms with van der Waals surface area (Å²) in [6, 6.07) is 8.32. The number of nitrogens with zero attached hydrogens (tertiary/aromatic N) is 1. The zero-order valence-electron chi connectivity index (χ0n) is 14.8. The van der Waals surface area contributed by atoms with Crippen LogP contribution in [0.1, 0.15) is 32.8 Å². The van der Waals surface area contributed by atoms with Crippen molar-refractivity contribution in [1.82, 2.24) is 15.2 Å². The van der Waals surface area contributed by atoms with Gasteiger partial charge >= 0.3 is 0 Å². The van der Waals surface area contributed by atoms with Crippen molar-refractivity contribution in [3.05, 3.63) is 42.1 Å². The first-order valence-corrected chi connectivity index (χ1v) is 8.83. The van der Waals surface area contributed by atoms with Crippen LogP contribution in [0.25, 0.3) is 16.5 Å². The number of aromatic nitrogens is 1. The number of H-pyrrole nitrogens is 1. The van der Waals surface area contributed by atoms with Gasteiger partial charge in [-0.25, -0.2) is 0 Å². The maximum absolute atomic E-state index is 12.3. The second kappa shape index (κ2) is 7.22. The second-order valence-electron chi connectivity index (χ2n) is 7.04. The Hall–Kier alpha value is -2.07. The quantitative estimate of drug-likeness (QED) is 0.885. The lowest BCUT2D eigenvalue weighted by atomic mass is 9.98. The largest absolute Gasteiger partial charge is 0.361 e. The van der Waals surface area contributed by atoms with Gasteiger partial charge in [0.1, 0.15) is 0 Å². The van der Waals surface area contributed by atoms with Crippen LogP contribution in [0.5, 0.6) is 0 Å². The molecule has 3 rings (SSSR count). The minimum atomic E-state index is -0.0791. The lowest BCUT2D eigenvalue weighted by Gasteiger charge is -2.31. The third-order valence-corrected chi connectivity index (χ3v) is 4.79. The van der Waals surface area contributed by atoms with Crippen LogP contribution in [0.2, 0.25) is 0 Å². The monoisotopic (exact) mass is 325 g/mol. The van der Waals surface area contributed by atoms with E-state index in [1.807, 2.05) is 6.92 Å². The molecular formula is C20H27N3O. The SMILES string of the molecule is CC(C)CNC(=O)[C@@H](C)N1CC=C(c2c[nH]c3ccccc23)CC1. The van der Waals surface area contributed by atoms with E-state index in [0.717, 1.165) is 26.1 Å². The van der Waals surface area contributed by atoms with Crippen LogP contribution in [0.15, 0.2) is 36.5 Å². The van der Waals surface area contributed by atoms with Crippen LogP contribution in [-0.4, -0.2) is 41.5 Å². The van der Waals surface area contributed by atoms with Crippen molar-refractivity contribution in [1.29, 1.82) is 0 Å². The molecule has 1 amide bonds. The van der Waals surface area contributed by atoms with Crippen molar-refractivity contribution in [3.8, 4) is 0 Å². The first-order chi connectivity index (χ1) is 11.6. The molecule has 2 N–H and O–H groups in total. The maximum atomic E-state index is 12.3. The summed E-state index contributed by atoms with van der Waals surface area (Å²) < 4.78 is 0. The van der Waals surface area contributed by atoms with Crippen molar-refractivity contribution in [2.45, 2.75) is 33.2 Å². The Morgan fingerprint density at radius 2 is 2.08 bits per heavy atom. The summed E-state index contributed by atoms with van der Waals surface area (Å²) in [5.74, 6) is 0.614. The Labute approximate surface area is 143 Å². The van der Waals surface area contributed by atoms with Gasteiger partial charge in [-0.05, 0) is 30.9 Å². The van der Waals surface area contributed by atoms with E-state index in [1.54, 1.807) is 0 Å². The van der Waals surface area contributed by atoms with Gasteiger partial charge in [-0.15, -0.1) is 0 Å². The highest BCUT2D eigenvalue weighted by atomic mass is 16.2. The lowest BCUT2D eigenvalue weighted by molar-refractivity contribution is -0.125. The van der Waals surface area contributed by atoms with Crippen LogP contribution < -0.4 is 5.32 Å². The summed E-state index contributed by atoms with van der Waals surface area (Å²) >= 11 is 0. The highest BCUT2D eigenvalue weighted by Gasteiger charge is 2.23. The van der Waals surface area contributed by atoms with Gasteiger partial charge in [-0.2, -0.15) is 0 Å². The summed E-state index contributed by atoms with van der Waals surface area (Å²) in [5.41, 5.74) is 3.85. The number of carbonyl (C=O) groups is 1. The standard InChI is InChI=1S/C20H27N3O/c1-14(2)12-22-20(24)15(3)23-10-8-16(9-11-23)18-13-21-19-7-5-4-6-17(18)19/h4-8,13-15,21H,9-12H2,1-3H3,(H,22,24)/t15-/m1/s1. The highest BCUT2D eigenvalue weighted by molar-refractivity contribution is 5.92. The topological polar surface area (TPSA) is 48.1 Å². The van der Waals surface area contributed by atoms with Crippen molar-refractivity contribution in [3.63, 3.8) is 0 Å². The summed E-state index contributed by atoms with van der Waals surface area (Å²) in [6.45, 7) is 8.71. The molecule has 0 aliphatic carbocycles. The van der Waals surface area contributed by atoms with Crippen LogP contribution in [0, 0.1) is 5.92 Å². The molecule has 128 valence electrons. The number of carbonyl (C=O) groups excluding carboxylic acids is 1. The van der Waals surface area contributed by atoms with Gasteiger partial charge in [0.25, 0.3) is 0 Å². The van der Waals surface area contributed by atoms with Crippen molar-refractivity contribution < 1.29 is 4.79 Å². The number of hydrogen-bond acceptors (Lipinski definition) is 2. The number of fused-ring (bicyclic) bond motifs is 1. The van der Waals surface area contributed by atoms with E-state index in [9.17, 15) is 4.79 Å². The number of amides is 1. The number of benzene rings is 1. The molecule has 0 spiro atoms. The molecule has 0 bridgehead atoms. The van der Waals surface area contributed by atoms with E-state index in [4.69, 9.17) is 0 Å². The molecule has 1 aromatic carbocycles. The second-order valence-corrected chi connectivity index (χ2v) is 7.04. The van der Waals surface area contributed by atoms with Gasteiger partial charge in [0, 0.05) is 42.3 Å². The summed E-state index contributed by atoms with van der Waals surface area (Å²) in [6.07, 6.45) is 5.35. The predicted molar refractivity (Wildman–Crippen MR) is 99.8 cm³/mol. The Kier molecular flexibility index (Phi) is 5.05. The molecule has 1 atom stereocenters. The lowest BCUT2D eigenvalue weighted by Crippen LogP contribution is -2.47. The molecule has 1 aliphatic heterocycles. The molecule has 1 aromatic heterocycles. The number of para-hydroxylation sites is 1. The molecule has 0 fully saturated rings. The van der Waals surface area contributed by atoms with Gasteiger partial charge in [-0.3, -0.25) is 9.69 Å². The molecule has 4 heteroatoms. The highest BCUT2D eigenvalue weighted by Crippen LogP contribution is 2.29. The van der Waals surface area contributed by atoms with Crippen molar-refractivity contribution in [2.24, 2.45) is 5.92 Å². The molecule has 0 saturated carbocycles. The van der Waals surface area contributed by atoms with E-state index >= 15 is 0 Å². The average molecular weight is 325 g/mol. The predicted octanol–water partition coefficient (Wildman–Crippen LogP) is 3.42. The van der Waals surface area contributed by atoms with Crippen molar-refractivity contribution in [2.75, 3.05) is 19.6 Å². The summed E-state index contributed by atoms with van der Waals surface area (Å²) in [5, 5.41) is 4.31. The molecule has 4 nitrogen and oxygen atoms in total. The van der Waals surface area contributed by atoms with Crippen LogP contribution in [-0.2, 0) is 4.79 Å². The normalized spacial score (nSPS) is 17.1. The molecule has 0 radical (unpaired) electrons. The Bertz CT molecular complexity index is 744. The molecule has 0 saturated heterocycles. The van der Waals surface area contributed by atoms with Gasteiger partial charge in [0.15, 0.2) is 0 Å². The molecular weight excluding hydrogens is 298 g/mol. The van der Waals surface area contributed by atoms with Gasteiger partial charge in [0.05, 0.1) is 6.04 Å². The first kappa shape index (κ1) is 16.8. The van der Waals surface area contributed by atoms with Crippen molar-refractivity contribution >= 4 is 22.4 Å². The van der Waals surface area contributed by atoms with Crippen LogP contribution in [0.3, 0.4) is 0 Å². The van der Waals surface area contributed by atoms with Crippen LogP contribution >= 0.6 is 0 Å². The molecule has 24 heavy (non-hydrogen) atoms. The fraction of sp³-hybridized carbons (Fsp3) is 0.450. The maximum Gasteiger partial charge on any atom is 0.237 e.